The fourth-order valence-corrected chi connectivity index (χ4v) is 2.76. The van der Waals surface area contributed by atoms with Gasteiger partial charge >= 0.3 is 0 Å². The summed E-state index contributed by atoms with van der Waals surface area (Å²) in [4.78, 5) is 16.2. The van der Waals surface area contributed by atoms with E-state index in [9.17, 15) is 9.18 Å². The lowest BCUT2D eigenvalue weighted by molar-refractivity contribution is -0.116. The van der Waals surface area contributed by atoms with Crippen LogP contribution in [0.1, 0.15) is 17.8 Å². The first-order chi connectivity index (χ1) is 14.2. The van der Waals surface area contributed by atoms with Gasteiger partial charge in [0.05, 0.1) is 0 Å². The first-order valence-electron chi connectivity index (χ1n) is 9.07. The minimum Gasteiger partial charge on any atom is -0.364 e. The van der Waals surface area contributed by atoms with E-state index in [2.05, 4.69) is 30.9 Å². The number of benzene rings is 1. The highest BCUT2D eigenvalue weighted by molar-refractivity contribution is 5.90. The van der Waals surface area contributed by atoms with Crippen molar-refractivity contribution >= 4 is 23.1 Å². The van der Waals surface area contributed by atoms with Crippen LogP contribution in [0.2, 0.25) is 0 Å². The van der Waals surface area contributed by atoms with Gasteiger partial charge in [-0.15, -0.1) is 15.3 Å². The summed E-state index contributed by atoms with van der Waals surface area (Å²) >= 11 is 0. The molecule has 146 valence electrons. The summed E-state index contributed by atoms with van der Waals surface area (Å²) in [6.45, 7) is 0.587. The number of aromatic nitrogens is 5. The van der Waals surface area contributed by atoms with Crippen LogP contribution in [-0.4, -0.2) is 30.7 Å². The second-order valence-electron chi connectivity index (χ2n) is 6.37. The first-order valence-corrected chi connectivity index (χ1v) is 9.07. The molecule has 0 aliphatic rings. The quantitative estimate of drug-likeness (QED) is 0.503. The molecule has 29 heavy (non-hydrogen) atoms. The molecule has 4 rings (SSSR count). The van der Waals surface area contributed by atoms with Crippen molar-refractivity contribution in [2.24, 2.45) is 0 Å². The van der Waals surface area contributed by atoms with Crippen molar-refractivity contribution in [3.8, 4) is 0 Å². The maximum Gasteiger partial charge on any atom is 0.224 e. The molecule has 0 saturated heterocycles. The number of carbonyl (C=O) groups is 1. The minimum absolute atomic E-state index is 0.195. The van der Waals surface area contributed by atoms with E-state index in [0.717, 1.165) is 5.56 Å². The molecule has 0 aliphatic carbocycles. The maximum absolute atomic E-state index is 12.9. The second kappa shape index (κ2) is 8.42. The zero-order valence-electron chi connectivity index (χ0n) is 15.4. The summed E-state index contributed by atoms with van der Waals surface area (Å²) in [5.74, 6) is 0.702. The molecule has 1 aromatic carbocycles. The van der Waals surface area contributed by atoms with Gasteiger partial charge in [0.2, 0.25) is 5.91 Å². The van der Waals surface area contributed by atoms with Crippen LogP contribution in [0, 0.1) is 5.82 Å². The average molecular weight is 391 g/mol. The van der Waals surface area contributed by atoms with Crippen LogP contribution in [0.15, 0.2) is 60.9 Å². The highest BCUT2D eigenvalue weighted by Gasteiger charge is 2.11. The Labute approximate surface area is 165 Å². The molecular weight excluding hydrogens is 373 g/mol. The number of carbonyl (C=O) groups excluding carboxylic acids is 1. The van der Waals surface area contributed by atoms with E-state index in [1.54, 1.807) is 16.9 Å². The largest absolute Gasteiger partial charge is 0.364 e. The average Bonchev–Trinajstić information content (AvgIpc) is 3.15. The van der Waals surface area contributed by atoms with Crippen LogP contribution in [-0.2, 0) is 17.8 Å². The third-order valence-corrected chi connectivity index (χ3v) is 4.23. The molecule has 3 aromatic heterocycles. The Hall–Kier alpha value is -3.88. The molecular formula is C20H18FN7O. The van der Waals surface area contributed by atoms with Crippen molar-refractivity contribution in [2.75, 3.05) is 10.6 Å². The van der Waals surface area contributed by atoms with Gasteiger partial charge in [0, 0.05) is 37.5 Å². The fourth-order valence-electron chi connectivity index (χ4n) is 2.76. The Balaban J connectivity index is 1.39. The van der Waals surface area contributed by atoms with Gasteiger partial charge in [0.15, 0.2) is 11.5 Å². The van der Waals surface area contributed by atoms with E-state index < -0.39 is 0 Å². The molecule has 0 unspecified atom stereocenters. The molecule has 0 radical (unpaired) electrons. The van der Waals surface area contributed by atoms with Gasteiger partial charge in [0.25, 0.3) is 0 Å². The number of anilines is 2. The Morgan fingerprint density at radius 2 is 1.93 bits per heavy atom. The number of aryl methyl sites for hydroxylation is 1. The van der Waals surface area contributed by atoms with E-state index in [1.165, 1.54) is 24.3 Å². The molecule has 0 saturated carbocycles. The van der Waals surface area contributed by atoms with E-state index in [1.807, 2.05) is 24.3 Å². The third-order valence-electron chi connectivity index (χ3n) is 4.23. The van der Waals surface area contributed by atoms with Crippen LogP contribution in [0.4, 0.5) is 15.9 Å². The van der Waals surface area contributed by atoms with Gasteiger partial charge in [-0.2, -0.15) is 4.52 Å². The topological polar surface area (TPSA) is 97.1 Å². The lowest BCUT2D eigenvalue weighted by atomic mass is 10.2. The summed E-state index contributed by atoms with van der Waals surface area (Å²) in [7, 11) is 0. The fraction of sp³-hybridized carbons (Fsp3) is 0.150. The molecule has 4 aromatic rings. The van der Waals surface area contributed by atoms with Crippen LogP contribution in [0.25, 0.3) is 5.65 Å². The van der Waals surface area contributed by atoms with Gasteiger partial charge in [0.1, 0.15) is 11.6 Å². The van der Waals surface area contributed by atoms with Crippen molar-refractivity contribution in [1.29, 1.82) is 0 Å². The van der Waals surface area contributed by atoms with Crippen LogP contribution in [0.5, 0.6) is 0 Å². The number of nitrogens with zero attached hydrogens (tertiary/aromatic N) is 5. The summed E-state index contributed by atoms with van der Waals surface area (Å²) < 4.78 is 14.6. The van der Waals surface area contributed by atoms with Gasteiger partial charge in [-0.1, -0.05) is 6.07 Å². The van der Waals surface area contributed by atoms with Crippen LogP contribution < -0.4 is 10.6 Å². The smallest absolute Gasteiger partial charge is 0.224 e. The molecule has 0 atom stereocenters. The number of nitrogens with one attached hydrogen (secondary N) is 2. The lowest BCUT2D eigenvalue weighted by Crippen LogP contribution is -2.13. The highest BCUT2D eigenvalue weighted by atomic mass is 19.1. The van der Waals surface area contributed by atoms with Crippen molar-refractivity contribution in [1.82, 2.24) is 24.8 Å². The highest BCUT2D eigenvalue weighted by Crippen LogP contribution is 2.12. The zero-order valence-corrected chi connectivity index (χ0v) is 15.4. The molecule has 0 spiro atoms. The predicted molar refractivity (Wildman–Crippen MR) is 106 cm³/mol. The standard InChI is InChI=1S/C20H18FN7O/c21-15-3-5-16(6-4-15)24-20(29)10-9-19-26-25-18-8-7-17(27-28(18)19)23-13-14-2-1-11-22-12-14/h1-8,11-12H,9-10,13H2,(H,23,27)(H,24,29). The number of hydrogen-bond acceptors (Lipinski definition) is 6. The Morgan fingerprint density at radius 1 is 1.07 bits per heavy atom. The van der Waals surface area contributed by atoms with E-state index >= 15 is 0 Å². The predicted octanol–water partition coefficient (Wildman–Crippen LogP) is 2.84. The van der Waals surface area contributed by atoms with Gasteiger partial charge in [-0.05, 0) is 48.0 Å². The van der Waals surface area contributed by atoms with Gasteiger partial charge < -0.3 is 10.6 Å². The normalized spacial score (nSPS) is 10.8. The summed E-state index contributed by atoms with van der Waals surface area (Å²) in [6.07, 6.45) is 4.08. The molecule has 0 aliphatic heterocycles. The van der Waals surface area contributed by atoms with Gasteiger partial charge in [-0.3, -0.25) is 9.78 Å². The molecule has 2 N–H and O–H groups in total. The zero-order chi connectivity index (χ0) is 20.1. The number of hydrogen-bond donors (Lipinski definition) is 2. The second-order valence-corrected chi connectivity index (χ2v) is 6.37. The summed E-state index contributed by atoms with van der Waals surface area (Å²) in [6, 6.07) is 13.1. The molecule has 3 heterocycles. The Kier molecular flexibility index (Phi) is 5.37. The van der Waals surface area contributed by atoms with E-state index in [4.69, 9.17) is 0 Å². The van der Waals surface area contributed by atoms with Crippen molar-refractivity contribution < 1.29 is 9.18 Å². The minimum atomic E-state index is -0.350. The Bertz CT molecular complexity index is 1110. The van der Waals surface area contributed by atoms with Crippen molar-refractivity contribution in [3.63, 3.8) is 0 Å². The lowest BCUT2D eigenvalue weighted by Gasteiger charge is -2.07. The Morgan fingerprint density at radius 3 is 2.72 bits per heavy atom. The maximum atomic E-state index is 12.9. The monoisotopic (exact) mass is 391 g/mol. The number of fused-ring (bicyclic) bond motifs is 1. The summed E-state index contributed by atoms with van der Waals surface area (Å²) in [5, 5.41) is 18.7. The first kappa shape index (κ1) is 18.5. The molecule has 8 nitrogen and oxygen atoms in total. The molecule has 9 heteroatoms. The number of rotatable bonds is 7. The number of halogens is 1. The van der Waals surface area contributed by atoms with E-state index in [0.29, 0.717) is 35.9 Å². The number of pyridine rings is 1. The molecule has 0 bridgehead atoms. The number of amides is 1. The van der Waals surface area contributed by atoms with Crippen LogP contribution >= 0.6 is 0 Å². The van der Waals surface area contributed by atoms with E-state index in [-0.39, 0.29) is 18.1 Å². The SMILES string of the molecule is O=C(CCc1nnc2ccc(NCc3cccnc3)nn12)Nc1ccc(F)cc1. The van der Waals surface area contributed by atoms with Gasteiger partial charge in [-0.25, -0.2) is 4.39 Å². The molecule has 1 amide bonds. The van der Waals surface area contributed by atoms with Crippen molar-refractivity contribution in [3.05, 3.63) is 78.1 Å². The van der Waals surface area contributed by atoms with Crippen molar-refractivity contribution in [2.45, 2.75) is 19.4 Å². The molecule has 0 fully saturated rings. The third kappa shape index (κ3) is 4.70. The van der Waals surface area contributed by atoms with Crippen LogP contribution in [0.3, 0.4) is 0 Å². The summed E-state index contributed by atoms with van der Waals surface area (Å²) in [5.41, 5.74) is 2.18.